The molecule has 0 N–H and O–H groups in total. The average Bonchev–Trinajstić information content (AvgIpc) is 2.29. The van der Waals surface area contributed by atoms with Crippen molar-refractivity contribution in [3.63, 3.8) is 0 Å². The van der Waals surface area contributed by atoms with E-state index in [4.69, 9.17) is 0 Å². The molecule has 0 amide bonds. The third-order valence-electron chi connectivity index (χ3n) is 7.51. The summed E-state index contributed by atoms with van der Waals surface area (Å²) in [5.41, 5.74) is 4.88. The summed E-state index contributed by atoms with van der Waals surface area (Å²) in [5.74, 6) is 0. The van der Waals surface area contributed by atoms with Crippen LogP contribution in [0, 0.1) is 0 Å². The molecule has 0 aromatic carbocycles. The molecule has 0 aromatic heterocycles. The Labute approximate surface area is 147 Å². The number of hydrogen-bond acceptors (Lipinski definition) is 0. The monoisotopic (exact) mass is 352 g/mol. The normalized spacial score (nSPS) is 26.9. The molecule has 4 rings (SSSR count). The summed E-state index contributed by atoms with van der Waals surface area (Å²) in [7, 11) is 0.910. The van der Waals surface area contributed by atoms with Crippen molar-refractivity contribution >= 4 is 15.8 Å². The van der Waals surface area contributed by atoms with Crippen molar-refractivity contribution in [1.29, 1.82) is 0 Å². The van der Waals surface area contributed by atoms with E-state index in [2.05, 4.69) is 0 Å². The molecule has 0 spiro atoms. The van der Waals surface area contributed by atoms with Crippen molar-refractivity contribution in [3.8, 4) is 0 Å². The zero-order valence-corrected chi connectivity index (χ0v) is 17.0. The number of hydrogen-bond donors (Lipinski definition) is 0. The molecular formula is C21H38P2. The second kappa shape index (κ2) is 8.49. The topological polar surface area (TPSA) is 0 Å². The molecule has 0 radical (unpaired) electrons. The van der Waals surface area contributed by atoms with Crippen molar-refractivity contribution < 1.29 is 0 Å². The Morgan fingerprint density at radius 3 is 0.957 bits per heavy atom. The molecule has 23 heavy (non-hydrogen) atoms. The van der Waals surface area contributed by atoms with Gasteiger partial charge in [-0.2, -0.15) is 0 Å². The van der Waals surface area contributed by atoms with Crippen LogP contribution in [0.3, 0.4) is 0 Å². The second-order valence-electron chi connectivity index (χ2n) is 8.88. The van der Waals surface area contributed by atoms with Crippen LogP contribution in [0.25, 0.3) is 0 Å². The fourth-order valence-corrected chi connectivity index (χ4v) is 12.9. The Kier molecular flexibility index (Phi) is 6.38. The molecular weight excluding hydrogens is 314 g/mol. The number of unbranched alkanes of at least 4 members (excludes halogenated alkanes) is 2. The van der Waals surface area contributed by atoms with Crippen LogP contribution in [-0.2, 0) is 0 Å². The van der Waals surface area contributed by atoms with Crippen LogP contribution in [0.4, 0.5) is 0 Å². The molecule has 0 nitrogen and oxygen atoms in total. The average molecular weight is 352 g/mol. The second-order valence-corrected chi connectivity index (χ2v) is 14.7. The van der Waals surface area contributed by atoms with Crippen LogP contribution < -0.4 is 0 Å². The Hall–Kier alpha value is 0.860. The highest BCUT2D eigenvalue weighted by molar-refractivity contribution is 7.59. The summed E-state index contributed by atoms with van der Waals surface area (Å²) in [5, 5.41) is 0. The quantitative estimate of drug-likeness (QED) is 0.285. The van der Waals surface area contributed by atoms with Gasteiger partial charge in [-0.05, 0) is 99.2 Å². The summed E-state index contributed by atoms with van der Waals surface area (Å²) in [6.45, 7) is 0. The van der Waals surface area contributed by atoms with E-state index in [1.165, 1.54) is 22.6 Å². The SMILES string of the molecule is C(CCP(C1CCC1)C1CCC1)CCP(C1CCC1)C1CCC1. The van der Waals surface area contributed by atoms with Gasteiger partial charge in [0.1, 0.15) is 0 Å². The van der Waals surface area contributed by atoms with Gasteiger partial charge in [-0.3, -0.25) is 0 Å². The molecule has 0 aromatic rings. The van der Waals surface area contributed by atoms with Crippen LogP contribution in [0.2, 0.25) is 0 Å². The first-order valence-corrected chi connectivity index (χ1v) is 14.3. The fraction of sp³-hybridized carbons (Fsp3) is 1.00. The van der Waals surface area contributed by atoms with E-state index in [1.54, 1.807) is 109 Å². The molecule has 4 aliphatic rings. The van der Waals surface area contributed by atoms with Gasteiger partial charge in [-0.15, -0.1) is 15.8 Å². The van der Waals surface area contributed by atoms with Gasteiger partial charge in [0.15, 0.2) is 0 Å². The lowest BCUT2D eigenvalue weighted by atomic mass is 9.99. The third-order valence-corrected chi connectivity index (χ3v) is 15.0. The molecule has 0 saturated heterocycles. The maximum absolute atomic E-state index is 1.66. The van der Waals surface area contributed by atoms with Crippen molar-refractivity contribution in [3.05, 3.63) is 0 Å². The van der Waals surface area contributed by atoms with Crippen molar-refractivity contribution in [2.75, 3.05) is 12.3 Å². The first kappa shape index (κ1) is 17.3. The van der Waals surface area contributed by atoms with Gasteiger partial charge in [-0.1, -0.05) is 32.1 Å². The smallest absolute Gasteiger partial charge is 0.0207 e. The Bertz CT molecular complexity index is 291. The molecule has 0 aliphatic heterocycles. The highest BCUT2D eigenvalue weighted by Gasteiger charge is 2.36. The number of rotatable bonds is 10. The molecule has 4 aliphatic carbocycles. The third kappa shape index (κ3) is 4.17. The summed E-state index contributed by atoms with van der Waals surface area (Å²) in [6.07, 6.45) is 27.2. The molecule has 0 unspecified atom stereocenters. The van der Waals surface area contributed by atoms with Gasteiger partial charge >= 0.3 is 0 Å². The van der Waals surface area contributed by atoms with E-state index < -0.39 is 0 Å². The highest BCUT2D eigenvalue weighted by atomic mass is 31.1. The first-order chi connectivity index (χ1) is 11.4. The van der Waals surface area contributed by atoms with E-state index in [9.17, 15) is 0 Å². The summed E-state index contributed by atoms with van der Waals surface area (Å²) < 4.78 is 0. The lowest BCUT2D eigenvalue weighted by Gasteiger charge is -2.44. The standard InChI is InChI=1S/C21H38P2/c1(2-16-22(18-8-4-9-18)19-10-5-11-19)3-17-23(20-12-6-13-20)21-14-7-15-21/h18-21H,1-17H2. The van der Waals surface area contributed by atoms with Crippen LogP contribution in [0.5, 0.6) is 0 Å². The molecule has 0 atom stereocenters. The Morgan fingerprint density at radius 2 is 0.739 bits per heavy atom. The van der Waals surface area contributed by atoms with Gasteiger partial charge in [0.05, 0.1) is 0 Å². The molecule has 0 heterocycles. The zero-order chi connectivity index (χ0) is 15.5. The zero-order valence-electron chi connectivity index (χ0n) is 15.2. The molecule has 132 valence electrons. The van der Waals surface area contributed by atoms with E-state index in [0.29, 0.717) is 15.8 Å². The maximum atomic E-state index is 1.66. The highest BCUT2D eigenvalue weighted by Crippen LogP contribution is 2.61. The van der Waals surface area contributed by atoms with Crippen molar-refractivity contribution in [2.24, 2.45) is 0 Å². The molecule has 0 bridgehead atoms. The van der Waals surface area contributed by atoms with Crippen molar-refractivity contribution in [2.45, 2.75) is 119 Å². The minimum Gasteiger partial charge on any atom is -0.100 e. The van der Waals surface area contributed by atoms with Crippen LogP contribution >= 0.6 is 15.8 Å². The minimum absolute atomic E-state index is 0.455. The van der Waals surface area contributed by atoms with E-state index >= 15 is 0 Å². The van der Waals surface area contributed by atoms with Crippen LogP contribution in [0.15, 0.2) is 0 Å². The first-order valence-electron chi connectivity index (χ1n) is 10.9. The molecule has 4 saturated carbocycles. The van der Waals surface area contributed by atoms with Crippen LogP contribution in [-0.4, -0.2) is 35.0 Å². The minimum atomic E-state index is 0.455. The molecule has 2 heteroatoms. The maximum Gasteiger partial charge on any atom is -0.0207 e. The van der Waals surface area contributed by atoms with E-state index in [-0.39, 0.29) is 0 Å². The largest absolute Gasteiger partial charge is 0.100 e. The lowest BCUT2D eigenvalue weighted by molar-refractivity contribution is 0.472. The van der Waals surface area contributed by atoms with E-state index in [1.807, 2.05) is 0 Å². The fourth-order valence-electron chi connectivity index (χ4n) is 4.97. The summed E-state index contributed by atoms with van der Waals surface area (Å²) >= 11 is 0. The van der Waals surface area contributed by atoms with Gasteiger partial charge < -0.3 is 0 Å². The predicted molar refractivity (Wildman–Crippen MR) is 108 cm³/mol. The van der Waals surface area contributed by atoms with Gasteiger partial charge in [0.25, 0.3) is 0 Å². The van der Waals surface area contributed by atoms with Crippen LogP contribution in [0.1, 0.15) is 96.3 Å². The Morgan fingerprint density at radius 1 is 0.435 bits per heavy atom. The van der Waals surface area contributed by atoms with Gasteiger partial charge in [0, 0.05) is 0 Å². The summed E-state index contributed by atoms with van der Waals surface area (Å²) in [4.78, 5) is 0. The van der Waals surface area contributed by atoms with Gasteiger partial charge in [-0.25, -0.2) is 0 Å². The summed E-state index contributed by atoms with van der Waals surface area (Å²) in [6, 6.07) is 0. The lowest BCUT2D eigenvalue weighted by Crippen LogP contribution is -2.28. The van der Waals surface area contributed by atoms with E-state index in [0.717, 1.165) is 0 Å². The predicted octanol–water partition coefficient (Wildman–Crippen LogP) is 7.33. The van der Waals surface area contributed by atoms with Gasteiger partial charge in [0.2, 0.25) is 0 Å². The van der Waals surface area contributed by atoms with Crippen molar-refractivity contribution in [1.82, 2.24) is 0 Å². The Balaban J connectivity index is 1.14. The molecule has 4 fully saturated rings.